The highest BCUT2D eigenvalue weighted by Crippen LogP contribution is 2.36. The van der Waals surface area contributed by atoms with Gasteiger partial charge in [0.25, 0.3) is 0 Å². The predicted molar refractivity (Wildman–Crippen MR) is 132 cm³/mol. The summed E-state index contributed by atoms with van der Waals surface area (Å²) >= 11 is 0. The highest BCUT2D eigenvalue weighted by Gasteiger charge is 2.31. The van der Waals surface area contributed by atoms with Crippen molar-refractivity contribution in [3.8, 4) is 11.3 Å². The van der Waals surface area contributed by atoms with E-state index in [0.29, 0.717) is 29.4 Å². The zero-order valence-corrected chi connectivity index (χ0v) is 19.5. The summed E-state index contributed by atoms with van der Waals surface area (Å²) < 4.78 is 39.8. The van der Waals surface area contributed by atoms with E-state index in [2.05, 4.69) is 35.5 Å². The van der Waals surface area contributed by atoms with Crippen molar-refractivity contribution < 1.29 is 13.2 Å². The average molecular weight is 467 g/mol. The van der Waals surface area contributed by atoms with Gasteiger partial charge in [-0.1, -0.05) is 36.9 Å². The van der Waals surface area contributed by atoms with Crippen LogP contribution in [0.15, 0.2) is 84.4 Å². The van der Waals surface area contributed by atoms with Gasteiger partial charge < -0.3 is 15.1 Å². The molecule has 0 bridgehead atoms. The number of allylic oxidation sites excluding steroid dienone is 5. The van der Waals surface area contributed by atoms with Crippen LogP contribution in [0.5, 0.6) is 0 Å². The molecule has 4 nitrogen and oxygen atoms in total. The monoisotopic (exact) mass is 466 g/mol. The molecule has 0 spiro atoms. The Morgan fingerprint density at radius 1 is 1.12 bits per heavy atom. The third-order valence-electron chi connectivity index (χ3n) is 6.11. The van der Waals surface area contributed by atoms with Crippen LogP contribution in [0.25, 0.3) is 11.3 Å². The minimum atomic E-state index is -4.41. The van der Waals surface area contributed by atoms with Crippen molar-refractivity contribution in [2.24, 2.45) is 0 Å². The van der Waals surface area contributed by atoms with Crippen molar-refractivity contribution in [2.75, 3.05) is 29.9 Å². The molecule has 0 unspecified atom stereocenters. The number of benzene rings is 1. The van der Waals surface area contributed by atoms with Gasteiger partial charge >= 0.3 is 6.18 Å². The minimum Gasteiger partial charge on any atom is -0.372 e. The molecule has 2 aromatic rings. The van der Waals surface area contributed by atoms with Crippen LogP contribution in [0.3, 0.4) is 0 Å². The maximum Gasteiger partial charge on any atom is 0.416 e. The molecule has 7 heteroatoms. The number of halogens is 3. The molecule has 0 saturated carbocycles. The summed E-state index contributed by atoms with van der Waals surface area (Å²) in [6.45, 7) is 11.8. The Bertz CT molecular complexity index is 1180. The van der Waals surface area contributed by atoms with E-state index in [1.165, 1.54) is 6.07 Å². The Kier molecular flexibility index (Phi) is 6.55. The van der Waals surface area contributed by atoms with E-state index >= 15 is 0 Å². The summed E-state index contributed by atoms with van der Waals surface area (Å²) in [6, 6.07) is 8.98. The van der Waals surface area contributed by atoms with Gasteiger partial charge in [0.1, 0.15) is 5.82 Å². The summed E-state index contributed by atoms with van der Waals surface area (Å²) in [4.78, 5) is 8.97. The van der Waals surface area contributed by atoms with E-state index in [0.717, 1.165) is 60.5 Å². The zero-order chi connectivity index (χ0) is 24.5. The van der Waals surface area contributed by atoms with Gasteiger partial charge in [-0.3, -0.25) is 0 Å². The highest BCUT2D eigenvalue weighted by atomic mass is 19.4. The van der Waals surface area contributed by atoms with E-state index in [-0.39, 0.29) is 0 Å². The number of hydrogen-bond acceptors (Lipinski definition) is 4. The molecule has 4 rings (SSSR count). The van der Waals surface area contributed by atoms with E-state index < -0.39 is 11.7 Å². The van der Waals surface area contributed by atoms with Crippen molar-refractivity contribution in [2.45, 2.75) is 32.4 Å². The van der Waals surface area contributed by atoms with Crippen LogP contribution in [0, 0.1) is 0 Å². The number of fused-ring (bicyclic) bond motifs is 1. The standard InChI is InChI=1S/C27H29F3N4/c1-18(2)20-8-6-11-23(17-20)31-19(3)34-15-7-14-33(4)25-13-12-24(32-26(25)34)21-9-5-10-22(16-21)27(28,29)30/h5,8-10,12-13,16-17,31H,1,3,6-7,11,14-15H2,2,4H3. The van der Waals surface area contributed by atoms with Crippen LogP contribution in [0.1, 0.15) is 31.7 Å². The van der Waals surface area contributed by atoms with E-state index in [4.69, 9.17) is 4.98 Å². The normalized spacial score (nSPS) is 16.3. The van der Waals surface area contributed by atoms with Crippen LogP contribution in [-0.2, 0) is 6.18 Å². The second-order valence-corrected chi connectivity index (χ2v) is 8.76. The van der Waals surface area contributed by atoms with Crippen LogP contribution < -0.4 is 15.1 Å². The number of aromatic nitrogens is 1. The fourth-order valence-corrected chi connectivity index (χ4v) is 4.26. The van der Waals surface area contributed by atoms with E-state index in [1.54, 1.807) is 12.1 Å². The molecule has 2 heterocycles. The highest BCUT2D eigenvalue weighted by molar-refractivity contribution is 5.74. The SMILES string of the molecule is C=C(C)C1=CCCC(NC(=C)N2CCCN(C)c3ccc(-c4cccc(C(F)(F)F)c4)nc32)=C1. The molecule has 0 amide bonds. The van der Waals surface area contributed by atoms with Gasteiger partial charge in [0.15, 0.2) is 5.82 Å². The number of pyridine rings is 1. The first-order chi connectivity index (χ1) is 16.1. The van der Waals surface area contributed by atoms with E-state index in [1.807, 2.05) is 24.9 Å². The summed E-state index contributed by atoms with van der Waals surface area (Å²) in [5, 5.41) is 3.45. The summed E-state index contributed by atoms with van der Waals surface area (Å²) in [6.07, 6.45) is 2.54. The predicted octanol–water partition coefficient (Wildman–Crippen LogP) is 6.65. The molecule has 1 aliphatic carbocycles. The maximum atomic E-state index is 13.3. The third kappa shape index (κ3) is 5.03. The number of anilines is 2. The summed E-state index contributed by atoms with van der Waals surface area (Å²) in [5.41, 5.74) is 4.32. The topological polar surface area (TPSA) is 31.4 Å². The minimum absolute atomic E-state index is 0.425. The van der Waals surface area contributed by atoms with Gasteiger partial charge in [-0.05, 0) is 62.1 Å². The zero-order valence-electron chi connectivity index (χ0n) is 19.5. The van der Waals surface area contributed by atoms with Gasteiger partial charge in [-0.2, -0.15) is 13.2 Å². The molecule has 0 radical (unpaired) electrons. The molecule has 0 atom stereocenters. The van der Waals surface area contributed by atoms with Gasteiger partial charge in [0, 0.05) is 31.4 Å². The fourth-order valence-electron chi connectivity index (χ4n) is 4.26. The Balaban J connectivity index is 1.68. The number of rotatable bonds is 5. The van der Waals surface area contributed by atoms with Gasteiger partial charge in [-0.25, -0.2) is 4.98 Å². The number of hydrogen-bond donors (Lipinski definition) is 1. The fraction of sp³-hybridized carbons (Fsp3) is 0.296. The quantitative estimate of drug-likeness (QED) is 0.534. The molecule has 34 heavy (non-hydrogen) atoms. The van der Waals surface area contributed by atoms with Gasteiger partial charge in [0.05, 0.1) is 16.9 Å². The van der Waals surface area contributed by atoms with Crippen LogP contribution in [-0.4, -0.2) is 25.1 Å². The Hall–Kier alpha value is -3.48. The second-order valence-electron chi connectivity index (χ2n) is 8.76. The van der Waals surface area contributed by atoms with Crippen molar-refractivity contribution in [1.29, 1.82) is 0 Å². The lowest BCUT2D eigenvalue weighted by molar-refractivity contribution is -0.137. The first kappa shape index (κ1) is 23.7. The Morgan fingerprint density at radius 3 is 2.65 bits per heavy atom. The second kappa shape index (κ2) is 9.41. The molecule has 1 aromatic heterocycles. The van der Waals surface area contributed by atoms with Crippen LogP contribution in [0.4, 0.5) is 24.7 Å². The molecule has 1 aliphatic heterocycles. The van der Waals surface area contributed by atoms with Crippen molar-refractivity contribution in [3.05, 3.63) is 89.9 Å². The van der Waals surface area contributed by atoms with Crippen LogP contribution in [0.2, 0.25) is 0 Å². The number of nitrogens with zero attached hydrogens (tertiary/aromatic N) is 3. The van der Waals surface area contributed by atoms with Crippen molar-refractivity contribution in [3.63, 3.8) is 0 Å². The first-order valence-electron chi connectivity index (χ1n) is 11.3. The maximum absolute atomic E-state index is 13.3. The molecule has 178 valence electrons. The lowest BCUT2D eigenvalue weighted by Crippen LogP contribution is -2.32. The molecule has 2 aliphatic rings. The molecule has 1 aromatic carbocycles. The van der Waals surface area contributed by atoms with Gasteiger partial charge in [0.2, 0.25) is 0 Å². The molecule has 0 saturated heterocycles. The lowest BCUT2D eigenvalue weighted by Gasteiger charge is -2.29. The number of nitrogens with one attached hydrogen (secondary N) is 1. The summed E-state index contributed by atoms with van der Waals surface area (Å²) in [7, 11) is 2.00. The Labute approximate surface area is 198 Å². The Morgan fingerprint density at radius 2 is 1.91 bits per heavy atom. The molecule has 1 N–H and O–H groups in total. The van der Waals surface area contributed by atoms with Crippen molar-refractivity contribution in [1.82, 2.24) is 10.3 Å². The van der Waals surface area contributed by atoms with Crippen molar-refractivity contribution >= 4 is 11.5 Å². The first-order valence-corrected chi connectivity index (χ1v) is 11.3. The smallest absolute Gasteiger partial charge is 0.372 e. The van der Waals surface area contributed by atoms with Gasteiger partial charge in [-0.15, -0.1) is 0 Å². The van der Waals surface area contributed by atoms with Crippen LogP contribution >= 0.6 is 0 Å². The summed E-state index contributed by atoms with van der Waals surface area (Å²) in [5.74, 6) is 1.37. The van der Waals surface area contributed by atoms with E-state index in [9.17, 15) is 13.2 Å². The molecule has 0 fully saturated rings. The largest absolute Gasteiger partial charge is 0.416 e. The lowest BCUT2D eigenvalue weighted by atomic mass is 9.99. The molecular weight excluding hydrogens is 437 g/mol. The average Bonchev–Trinajstić information content (AvgIpc) is 2.97. The third-order valence-corrected chi connectivity index (χ3v) is 6.11. The molecular formula is C27H29F3N4. The number of alkyl halides is 3.